The van der Waals surface area contributed by atoms with E-state index in [1.165, 1.54) is 26.1 Å². The summed E-state index contributed by atoms with van der Waals surface area (Å²) in [5.74, 6) is 0.808. The Morgan fingerprint density at radius 1 is 1.33 bits per heavy atom. The molecule has 2 aliphatic rings. The molecule has 70 valence electrons. The first-order valence-corrected chi connectivity index (χ1v) is 4.96. The highest BCUT2D eigenvalue weighted by atomic mass is 16.5. The Bertz CT molecular complexity index is 128. The van der Waals surface area contributed by atoms with Crippen molar-refractivity contribution in [3.8, 4) is 0 Å². The van der Waals surface area contributed by atoms with Gasteiger partial charge in [0.15, 0.2) is 0 Å². The number of rotatable bonds is 2. The quantitative estimate of drug-likeness (QED) is 0.628. The van der Waals surface area contributed by atoms with Gasteiger partial charge in [-0.15, -0.1) is 0 Å². The molecule has 0 radical (unpaired) electrons. The van der Waals surface area contributed by atoms with Gasteiger partial charge < -0.3 is 15.0 Å². The van der Waals surface area contributed by atoms with Gasteiger partial charge in [0.2, 0.25) is 0 Å². The normalized spacial score (nSPS) is 32.5. The highest BCUT2D eigenvalue weighted by Gasteiger charge is 2.19. The van der Waals surface area contributed by atoms with E-state index in [1.54, 1.807) is 0 Å². The molecule has 1 N–H and O–H groups in total. The SMILES string of the molecule is C1CN(C[C@H]2CCOC2)CCN1. The third kappa shape index (κ3) is 2.19. The molecule has 12 heavy (non-hydrogen) atoms. The van der Waals surface area contributed by atoms with E-state index in [-0.39, 0.29) is 0 Å². The lowest BCUT2D eigenvalue weighted by Gasteiger charge is -2.28. The lowest BCUT2D eigenvalue weighted by atomic mass is 10.1. The zero-order chi connectivity index (χ0) is 8.23. The zero-order valence-electron chi connectivity index (χ0n) is 7.59. The topological polar surface area (TPSA) is 24.5 Å². The van der Waals surface area contributed by atoms with E-state index < -0.39 is 0 Å². The number of nitrogens with zero attached hydrogens (tertiary/aromatic N) is 1. The van der Waals surface area contributed by atoms with Crippen LogP contribution in [0.3, 0.4) is 0 Å². The Balaban J connectivity index is 1.69. The van der Waals surface area contributed by atoms with Crippen LogP contribution in [0.25, 0.3) is 0 Å². The first kappa shape index (κ1) is 8.48. The van der Waals surface area contributed by atoms with Crippen LogP contribution in [0.4, 0.5) is 0 Å². The molecule has 0 aliphatic carbocycles. The number of ether oxygens (including phenoxy) is 1. The fourth-order valence-corrected chi connectivity index (χ4v) is 1.99. The van der Waals surface area contributed by atoms with Crippen molar-refractivity contribution in [3.63, 3.8) is 0 Å². The molecule has 3 nitrogen and oxygen atoms in total. The molecule has 0 aromatic rings. The van der Waals surface area contributed by atoms with Gasteiger partial charge in [0.05, 0.1) is 6.61 Å². The lowest BCUT2D eigenvalue weighted by Crippen LogP contribution is -2.45. The van der Waals surface area contributed by atoms with Gasteiger partial charge in [-0.3, -0.25) is 0 Å². The molecule has 2 aliphatic heterocycles. The Morgan fingerprint density at radius 3 is 2.83 bits per heavy atom. The fourth-order valence-electron chi connectivity index (χ4n) is 1.99. The minimum atomic E-state index is 0.808. The number of hydrogen-bond acceptors (Lipinski definition) is 3. The largest absolute Gasteiger partial charge is 0.381 e. The van der Waals surface area contributed by atoms with Crippen LogP contribution in [0.15, 0.2) is 0 Å². The third-order valence-electron chi connectivity index (χ3n) is 2.75. The summed E-state index contributed by atoms with van der Waals surface area (Å²) >= 11 is 0. The van der Waals surface area contributed by atoms with Gasteiger partial charge in [0.25, 0.3) is 0 Å². The predicted octanol–water partition coefficient (Wildman–Crippen LogP) is -0.0719. The van der Waals surface area contributed by atoms with Crippen LogP contribution >= 0.6 is 0 Å². The zero-order valence-corrected chi connectivity index (χ0v) is 7.59. The first-order chi connectivity index (χ1) is 5.95. The number of piperazine rings is 1. The average Bonchev–Trinajstić information content (AvgIpc) is 2.59. The summed E-state index contributed by atoms with van der Waals surface area (Å²) in [7, 11) is 0. The number of hydrogen-bond donors (Lipinski definition) is 1. The summed E-state index contributed by atoms with van der Waals surface area (Å²) < 4.78 is 5.36. The maximum atomic E-state index is 5.36. The van der Waals surface area contributed by atoms with E-state index >= 15 is 0 Å². The molecule has 0 aromatic carbocycles. The van der Waals surface area contributed by atoms with Crippen molar-refractivity contribution in [1.29, 1.82) is 0 Å². The van der Waals surface area contributed by atoms with E-state index in [4.69, 9.17) is 4.74 Å². The summed E-state index contributed by atoms with van der Waals surface area (Å²) in [6.45, 7) is 7.98. The molecule has 3 heteroatoms. The summed E-state index contributed by atoms with van der Waals surface area (Å²) in [4.78, 5) is 2.55. The van der Waals surface area contributed by atoms with Crippen molar-refractivity contribution >= 4 is 0 Å². The van der Waals surface area contributed by atoms with Crippen molar-refractivity contribution in [2.24, 2.45) is 5.92 Å². The average molecular weight is 170 g/mol. The van der Waals surface area contributed by atoms with Gasteiger partial charge in [0.1, 0.15) is 0 Å². The Hall–Kier alpha value is -0.120. The fraction of sp³-hybridized carbons (Fsp3) is 1.00. The van der Waals surface area contributed by atoms with Crippen LogP contribution in [0.1, 0.15) is 6.42 Å². The van der Waals surface area contributed by atoms with Gasteiger partial charge in [-0.25, -0.2) is 0 Å². The molecule has 2 saturated heterocycles. The van der Waals surface area contributed by atoms with E-state index in [0.717, 1.165) is 32.2 Å². The van der Waals surface area contributed by atoms with E-state index in [1.807, 2.05) is 0 Å². The molecule has 0 saturated carbocycles. The lowest BCUT2D eigenvalue weighted by molar-refractivity contribution is 0.160. The second-order valence-electron chi connectivity index (χ2n) is 3.78. The van der Waals surface area contributed by atoms with Crippen LogP contribution < -0.4 is 5.32 Å². The van der Waals surface area contributed by atoms with Gasteiger partial charge in [0, 0.05) is 39.3 Å². The third-order valence-corrected chi connectivity index (χ3v) is 2.75. The van der Waals surface area contributed by atoms with Gasteiger partial charge in [-0.2, -0.15) is 0 Å². The summed E-state index contributed by atoms with van der Waals surface area (Å²) in [6.07, 6.45) is 1.27. The molecule has 0 spiro atoms. The van der Waals surface area contributed by atoms with Crippen LogP contribution in [-0.2, 0) is 4.74 Å². The second kappa shape index (κ2) is 4.21. The summed E-state index contributed by atoms with van der Waals surface area (Å²) in [6, 6.07) is 0. The molecule has 2 fully saturated rings. The van der Waals surface area contributed by atoms with E-state index in [0.29, 0.717) is 0 Å². The van der Waals surface area contributed by atoms with Gasteiger partial charge in [-0.1, -0.05) is 0 Å². The second-order valence-corrected chi connectivity index (χ2v) is 3.78. The monoisotopic (exact) mass is 170 g/mol. The van der Waals surface area contributed by atoms with Crippen molar-refractivity contribution in [3.05, 3.63) is 0 Å². The molecule has 0 unspecified atom stereocenters. The summed E-state index contributed by atoms with van der Waals surface area (Å²) in [5, 5.41) is 3.37. The Kier molecular flexibility index (Phi) is 2.98. The minimum absolute atomic E-state index is 0.808. The van der Waals surface area contributed by atoms with E-state index in [9.17, 15) is 0 Å². The maximum absolute atomic E-state index is 5.36. The minimum Gasteiger partial charge on any atom is -0.381 e. The highest BCUT2D eigenvalue weighted by molar-refractivity contribution is 4.73. The van der Waals surface area contributed by atoms with Gasteiger partial charge >= 0.3 is 0 Å². The smallest absolute Gasteiger partial charge is 0.0507 e. The van der Waals surface area contributed by atoms with Crippen molar-refractivity contribution in [1.82, 2.24) is 10.2 Å². The number of nitrogens with one attached hydrogen (secondary N) is 1. The molecular formula is C9H18N2O. The molecule has 0 bridgehead atoms. The molecule has 1 atom stereocenters. The van der Waals surface area contributed by atoms with Gasteiger partial charge in [-0.05, 0) is 12.3 Å². The maximum Gasteiger partial charge on any atom is 0.0507 e. The molecule has 2 rings (SSSR count). The predicted molar refractivity (Wildman–Crippen MR) is 48.2 cm³/mol. The Labute approximate surface area is 74.1 Å². The first-order valence-electron chi connectivity index (χ1n) is 4.96. The highest BCUT2D eigenvalue weighted by Crippen LogP contribution is 2.13. The molecule has 0 aromatic heterocycles. The molecular weight excluding hydrogens is 152 g/mol. The molecule has 0 amide bonds. The van der Waals surface area contributed by atoms with Crippen molar-refractivity contribution < 1.29 is 4.74 Å². The van der Waals surface area contributed by atoms with Crippen LogP contribution in [0, 0.1) is 5.92 Å². The van der Waals surface area contributed by atoms with Crippen LogP contribution in [0.5, 0.6) is 0 Å². The molecule has 2 heterocycles. The van der Waals surface area contributed by atoms with Crippen molar-refractivity contribution in [2.75, 3.05) is 45.9 Å². The van der Waals surface area contributed by atoms with Crippen LogP contribution in [-0.4, -0.2) is 50.8 Å². The Morgan fingerprint density at radius 2 is 2.17 bits per heavy atom. The van der Waals surface area contributed by atoms with Crippen molar-refractivity contribution in [2.45, 2.75) is 6.42 Å². The standard InChI is InChI=1S/C9H18N2O/c1-6-12-8-9(1)7-11-4-2-10-3-5-11/h9-10H,1-8H2/t9-/m1/s1. The van der Waals surface area contributed by atoms with Crippen LogP contribution in [0.2, 0.25) is 0 Å². The summed E-state index contributed by atoms with van der Waals surface area (Å²) in [5.41, 5.74) is 0. The van der Waals surface area contributed by atoms with E-state index in [2.05, 4.69) is 10.2 Å².